The van der Waals surface area contributed by atoms with Crippen LogP contribution in [0.1, 0.15) is 37.0 Å². The van der Waals surface area contributed by atoms with E-state index < -0.39 is 5.54 Å². The van der Waals surface area contributed by atoms with Crippen LogP contribution in [0.15, 0.2) is 18.2 Å². The fraction of sp³-hybridized carbons (Fsp3) is 0.500. The van der Waals surface area contributed by atoms with Crippen molar-refractivity contribution in [2.24, 2.45) is 5.73 Å². The predicted octanol–water partition coefficient (Wildman–Crippen LogP) is 2.40. The molecular formula is C14H21NO3. The topological polar surface area (TPSA) is 61.6 Å². The quantitative estimate of drug-likeness (QED) is 0.789. The van der Waals surface area contributed by atoms with Crippen LogP contribution in [0.5, 0.6) is 11.5 Å². The molecule has 0 atom stereocenters. The number of nitrogens with two attached hydrogens (primary N) is 1. The highest BCUT2D eigenvalue weighted by Crippen LogP contribution is 2.29. The molecule has 0 bridgehead atoms. The average Bonchev–Trinajstić information content (AvgIpc) is 2.44. The van der Waals surface area contributed by atoms with Gasteiger partial charge in [0.05, 0.1) is 19.8 Å². The lowest BCUT2D eigenvalue weighted by Gasteiger charge is -2.25. The van der Waals surface area contributed by atoms with E-state index in [0.717, 1.165) is 0 Å². The Hall–Kier alpha value is -1.55. The van der Waals surface area contributed by atoms with Gasteiger partial charge in [-0.3, -0.25) is 4.79 Å². The van der Waals surface area contributed by atoms with Gasteiger partial charge in [-0.2, -0.15) is 0 Å². The van der Waals surface area contributed by atoms with Crippen molar-refractivity contribution in [2.45, 2.75) is 32.2 Å². The number of rotatable bonds is 6. The fourth-order valence-electron chi connectivity index (χ4n) is 1.84. The summed E-state index contributed by atoms with van der Waals surface area (Å²) in [5, 5.41) is 0. The summed E-state index contributed by atoms with van der Waals surface area (Å²) in [5.74, 6) is 1.08. The SMILES string of the molecule is CCC(N)(CC)C(=O)c1ccc(OC)c(OC)c1. The minimum absolute atomic E-state index is 0.0616. The second-order valence-corrected chi connectivity index (χ2v) is 4.26. The van der Waals surface area contributed by atoms with E-state index >= 15 is 0 Å². The summed E-state index contributed by atoms with van der Waals surface area (Å²) in [5.41, 5.74) is 5.86. The van der Waals surface area contributed by atoms with Crippen molar-refractivity contribution in [3.05, 3.63) is 23.8 Å². The monoisotopic (exact) mass is 251 g/mol. The Morgan fingerprint density at radius 2 is 1.72 bits per heavy atom. The van der Waals surface area contributed by atoms with Crippen LogP contribution in [0.3, 0.4) is 0 Å². The van der Waals surface area contributed by atoms with Crippen LogP contribution in [0.2, 0.25) is 0 Å². The molecular weight excluding hydrogens is 230 g/mol. The highest BCUT2D eigenvalue weighted by Gasteiger charge is 2.31. The maximum Gasteiger partial charge on any atom is 0.182 e. The van der Waals surface area contributed by atoms with Gasteiger partial charge in [0.2, 0.25) is 0 Å². The maximum absolute atomic E-state index is 12.4. The molecule has 1 rings (SSSR count). The molecule has 0 radical (unpaired) electrons. The molecule has 4 nitrogen and oxygen atoms in total. The fourth-order valence-corrected chi connectivity index (χ4v) is 1.84. The van der Waals surface area contributed by atoms with Crippen LogP contribution in [0.25, 0.3) is 0 Å². The Labute approximate surface area is 108 Å². The second kappa shape index (κ2) is 5.87. The molecule has 0 aromatic heterocycles. The molecule has 0 unspecified atom stereocenters. The molecule has 0 fully saturated rings. The van der Waals surface area contributed by atoms with Gasteiger partial charge in [-0.25, -0.2) is 0 Å². The number of ether oxygens (including phenoxy) is 2. The zero-order chi connectivity index (χ0) is 13.8. The van der Waals surface area contributed by atoms with Crippen molar-refractivity contribution in [3.63, 3.8) is 0 Å². The maximum atomic E-state index is 12.4. The van der Waals surface area contributed by atoms with E-state index in [1.807, 2.05) is 13.8 Å². The van der Waals surface area contributed by atoms with Gasteiger partial charge in [-0.05, 0) is 31.0 Å². The number of benzene rings is 1. The normalized spacial score (nSPS) is 11.2. The minimum atomic E-state index is -0.806. The van der Waals surface area contributed by atoms with Gasteiger partial charge in [-0.15, -0.1) is 0 Å². The predicted molar refractivity (Wildman–Crippen MR) is 71.4 cm³/mol. The summed E-state index contributed by atoms with van der Waals surface area (Å²) in [6, 6.07) is 5.11. The Morgan fingerprint density at radius 3 is 2.17 bits per heavy atom. The number of carbonyl (C=O) groups excluding carboxylic acids is 1. The Morgan fingerprint density at radius 1 is 1.17 bits per heavy atom. The average molecular weight is 251 g/mol. The summed E-state index contributed by atoms with van der Waals surface area (Å²) in [7, 11) is 3.10. The second-order valence-electron chi connectivity index (χ2n) is 4.26. The number of hydrogen-bond acceptors (Lipinski definition) is 4. The van der Waals surface area contributed by atoms with Gasteiger partial charge in [-0.1, -0.05) is 13.8 Å². The first-order chi connectivity index (χ1) is 8.52. The van der Waals surface area contributed by atoms with Crippen LogP contribution in [-0.4, -0.2) is 25.5 Å². The molecule has 0 saturated heterocycles. The van der Waals surface area contributed by atoms with E-state index in [2.05, 4.69) is 0 Å². The first-order valence-corrected chi connectivity index (χ1v) is 6.08. The molecule has 1 aromatic rings. The van der Waals surface area contributed by atoms with Crippen molar-refractivity contribution in [1.82, 2.24) is 0 Å². The number of carbonyl (C=O) groups is 1. The van der Waals surface area contributed by atoms with Crippen LogP contribution in [0, 0.1) is 0 Å². The van der Waals surface area contributed by atoms with Gasteiger partial charge in [0, 0.05) is 5.56 Å². The van der Waals surface area contributed by atoms with Gasteiger partial charge in [0.1, 0.15) is 0 Å². The lowest BCUT2D eigenvalue weighted by atomic mass is 9.85. The summed E-state index contributed by atoms with van der Waals surface area (Å²) >= 11 is 0. The molecule has 0 amide bonds. The number of ketones is 1. The number of Topliss-reactive ketones (excluding diaryl/α,β-unsaturated/α-hetero) is 1. The molecule has 0 aliphatic rings. The Balaban J connectivity index is 3.14. The van der Waals surface area contributed by atoms with Crippen LogP contribution in [0.4, 0.5) is 0 Å². The molecule has 2 N–H and O–H groups in total. The molecule has 1 aromatic carbocycles. The first kappa shape index (κ1) is 14.5. The van der Waals surface area contributed by atoms with Crippen molar-refractivity contribution in [3.8, 4) is 11.5 Å². The minimum Gasteiger partial charge on any atom is -0.493 e. The highest BCUT2D eigenvalue weighted by atomic mass is 16.5. The third-order valence-corrected chi connectivity index (χ3v) is 3.36. The van der Waals surface area contributed by atoms with E-state index in [1.54, 1.807) is 32.4 Å². The van der Waals surface area contributed by atoms with E-state index in [9.17, 15) is 4.79 Å². The molecule has 100 valence electrons. The molecule has 0 saturated carbocycles. The van der Waals surface area contributed by atoms with Crippen molar-refractivity contribution in [1.29, 1.82) is 0 Å². The number of hydrogen-bond donors (Lipinski definition) is 1. The van der Waals surface area contributed by atoms with Crippen LogP contribution < -0.4 is 15.2 Å². The zero-order valence-electron chi connectivity index (χ0n) is 11.4. The molecule has 0 heterocycles. The third-order valence-electron chi connectivity index (χ3n) is 3.36. The van der Waals surface area contributed by atoms with Gasteiger partial charge in [0.15, 0.2) is 17.3 Å². The summed E-state index contributed by atoms with van der Waals surface area (Å²) < 4.78 is 10.3. The lowest BCUT2D eigenvalue weighted by Crippen LogP contribution is -2.46. The highest BCUT2D eigenvalue weighted by molar-refractivity contribution is 6.03. The van der Waals surface area contributed by atoms with Gasteiger partial charge < -0.3 is 15.2 Å². The Bertz CT molecular complexity index is 425. The zero-order valence-corrected chi connectivity index (χ0v) is 11.4. The van der Waals surface area contributed by atoms with Gasteiger partial charge in [0.25, 0.3) is 0 Å². The van der Waals surface area contributed by atoms with Crippen molar-refractivity contribution < 1.29 is 14.3 Å². The van der Waals surface area contributed by atoms with Gasteiger partial charge >= 0.3 is 0 Å². The largest absolute Gasteiger partial charge is 0.493 e. The van der Waals surface area contributed by atoms with Crippen LogP contribution in [-0.2, 0) is 0 Å². The molecule has 4 heteroatoms. The van der Waals surface area contributed by atoms with E-state index in [0.29, 0.717) is 29.9 Å². The van der Waals surface area contributed by atoms with E-state index in [1.165, 1.54) is 0 Å². The van der Waals surface area contributed by atoms with E-state index in [4.69, 9.17) is 15.2 Å². The number of methoxy groups -OCH3 is 2. The summed E-state index contributed by atoms with van der Waals surface area (Å²) in [6.07, 6.45) is 1.22. The lowest BCUT2D eigenvalue weighted by molar-refractivity contribution is 0.0879. The third kappa shape index (κ3) is 2.64. The summed E-state index contributed by atoms with van der Waals surface area (Å²) in [4.78, 5) is 12.4. The van der Waals surface area contributed by atoms with Crippen LogP contribution >= 0.6 is 0 Å². The smallest absolute Gasteiger partial charge is 0.182 e. The first-order valence-electron chi connectivity index (χ1n) is 6.08. The molecule has 0 spiro atoms. The summed E-state index contributed by atoms with van der Waals surface area (Å²) in [6.45, 7) is 3.84. The standard InChI is InChI=1S/C14H21NO3/c1-5-14(15,6-2)13(16)10-7-8-11(17-3)12(9-10)18-4/h7-9H,5-6,15H2,1-4H3. The molecule has 0 aliphatic carbocycles. The molecule has 18 heavy (non-hydrogen) atoms. The van der Waals surface area contributed by atoms with Crippen molar-refractivity contribution in [2.75, 3.05) is 14.2 Å². The van der Waals surface area contributed by atoms with Crippen molar-refractivity contribution >= 4 is 5.78 Å². The molecule has 0 aliphatic heterocycles. The van der Waals surface area contributed by atoms with E-state index in [-0.39, 0.29) is 5.78 Å². The Kier molecular flexibility index (Phi) is 4.73.